The highest BCUT2D eigenvalue weighted by molar-refractivity contribution is 9.10. The molecule has 5 heteroatoms. The van der Waals surface area contributed by atoms with Crippen LogP contribution in [0.5, 0.6) is 5.75 Å². The van der Waals surface area contributed by atoms with Gasteiger partial charge in [-0.2, -0.15) is 0 Å². The minimum absolute atomic E-state index is 0.526. The number of hydrogen-bond acceptors (Lipinski definition) is 3. The Balaban J connectivity index is 2.18. The van der Waals surface area contributed by atoms with Gasteiger partial charge in [0.15, 0.2) is 0 Å². The van der Waals surface area contributed by atoms with E-state index in [9.17, 15) is 0 Å². The van der Waals surface area contributed by atoms with Crippen LogP contribution in [-0.4, -0.2) is 16.1 Å². The quantitative estimate of drug-likeness (QED) is 0.879. The first kappa shape index (κ1) is 15.1. The monoisotopic (exact) mass is 337 g/mol. The molecule has 2 rings (SSSR count). The molecule has 0 radical (unpaired) electrons. The van der Waals surface area contributed by atoms with Gasteiger partial charge in [0.2, 0.25) is 0 Å². The maximum Gasteiger partial charge on any atom is 0.130 e. The Labute approximate surface area is 128 Å². The highest BCUT2D eigenvalue weighted by atomic mass is 79.9. The van der Waals surface area contributed by atoms with Crippen LogP contribution in [0.3, 0.4) is 0 Å². The molecule has 0 spiro atoms. The number of rotatable bonds is 6. The van der Waals surface area contributed by atoms with Gasteiger partial charge in [-0.25, -0.2) is 4.98 Å². The Morgan fingerprint density at radius 3 is 2.85 bits per heavy atom. The average molecular weight is 338 g/mol. The summed E-state index contributed by atoms with van der Waals surface area (Å²) in [5.74, 6) is 0.954. The molecule has 4 nitrogen and oxygen atoms in total. The molecular formula is C15H20BrN3O. The first-order valence-electron chi connectivity index (χ1n) is 6.69. The van der Waals surface area contributed by atoms with Gasteiger partial charge in [-0.05, 0) is 31.2 Å². The molecule has 0 atom stereocenters. The first-order chi connectivity index (χ1) is 9.61. The van der Waals surface area contributed by atoms with Crippen LogP contribution in [0, 0.1) is 6.92 Å². The molecule has 1 heterocycles. The van der Waals surface area contributed by atoms with Gasteiger partial charge in [-0.1, -0.05) is 22.9 Å². The number of imidazole rings is 1. The van der Waals surface area contributed by atoms with Crippen LogP contribution >= 0.6 is 15.9 Å². The van der Waals surface area contributed by atoms with Crippen molar-refractivity contribution in [1.29, 1.82) is 0 Å². The normalized spacial score (nSPS) is 10.8. The zero-order valence-electron chi connectivity index (χ0n) is 12.1. The number of nitrogens with one attached hydrogen (secondary N) is 1. The van der Waals surface area contributed by atoms with Crippen LogP contribution in [-0.2, 0) is 20.2 Å². The second kappa shape index (κ2) is 6.90. The number of aromatic nitrogens is 2. The van der Waals surface area contributed by atoms with Crippen LogP contribution in [0.15, 0.2) is 29.1 Å². The first-order valence-corrected chi connectivity index (χ1v) is 7.48. The largest absolute Gasteiger partial charge is 0.487 e. The predicted octanol–water partition coefficient (Wildman–Crippen LogP) is 3.18. The maximum absolute atomic E-state index is 6.02. The van der Waals surface area contributed by atoms with E-state index in [2.05, 4.69) is 52.2 Å². The predicted molar refractivity (Wildman–Crippen MR) is 83.8 cm³/mol. The fraction of sp³-hybridized carbons (Fsp3) is 0.400. The Morgan fingerprint density at radius 1 is 1.40 bits per heavy atom. The third-order valence-corrected chi connectivity index (χ3v) is 3.62. The number of ether oxygens (including phenoxy) is 1. The van der Waals surface area contributed by atoms with Gasteiger partial charge in [0, 0.05) is 23.6 Å². The van der Waals surface area contributed by atoms with E-state index in [1.54, 1.807) is 6.33 Å². The fourth-order valence-electron chi connectivity index (χ4n) is 2.07. The van der Waals surface area contributed by atoms with E-state index in [1.807, 2.05) is 17.8 Å². The minimum atomic E-state index is 0.526. The Bertz CT molecular complexity index is 580. The molecular weight excluding hydrogens is 318 g/mol. The van der Waals surface area contributed by atoms with Crippen molar-refractivity contribution in [3.05, 3.63) is 46.0 Å². The second-order valence-corrected chi connectivity index (χ2v) is 5.69. The minimum Gasteiger partial charge on any atom is -0.487 e. The summed E-state index contributed by atoms with van der Waals surface area (Å²) in [4.78, 5) is 4.11. The zero-order chi connectivity index (χ0) is 14.5. The molecule has 2 aromatic rings. The van der Waals surface area contributed by atoms with Gasteiger partial charge >= 0.3 is 0 Å². The summed E-state index contributed by atoms with van der Waals surface area (Å²) >= 11 is 3.54. The molecule has 1 aromatic heterocycles. The highest BCUT2D eigenvalue weighted by Gasteiger charge is 2.10. The van der Waals surface area contributed by atoms with E-state index in [-0.39, 0.29) is 0 Å². The van der Waals surface area contributed by atoms with Gasteiger partial charge in [-0.15, -0.1) is 0 Å². The molecule has 108 valence electrons. The highest BCUT2D eigenvalue weighted by Crippen LogP contribution is 2.28. The lowest BCUT2D eigenvalue weighted by atomic mass is 10.1. The van der Waals surface area contributed by atoms with E-state index >= 15 is 0 Å². The summed E-state index contributed by atoms with van der Waals surface area (Å²) in [6.07, 6.45) is 3.62. The number of nitrogens with zero attached hydrogens (tertiary/aromatic N) is 2. The molecule has 0 unspecified atom stereocenters. The van der Waals surface area contributed by atoms with Crippen molar-refractivity contribution in [2.24, 2.45) is 7.05 Å². The summed E-state index contributed by atoms with van der Waals surface area (Å²) in [5.41, 5.74) is 3.36. The van der Waals surface area contributed by atoms with E-state index < -0.39 is 0 Å². The lowest BCUT2D eigenvalue weighted by Crippen LogP contribution is -2.13. The van der Waals surface area contributed by atoms with Crippen molar-refractivity contribution in [1.82, 2.24) is 14.9 Å². The molecule has 0 aliphatic carbocycles. The lowest BCUT2D eigenvalue weighted by molar-refractivity contribution is 0.291. The summed E-state index contributed by atoms with van der Waals surface area (Å²) in [7, 11) is 1.97. The number of benzene rings is 1. The summed E-state index contributed by atoms with van der Waals surface area (Å²) in [6, 6.07) is 4.18. The van der Waals surface area contributed by atoms with Crippen molar-refractivity contribution < 1.29 is 4.74 Å². The fourth-order valence-corrected chi connectivity index (χ4v) is 2.69. The third kappa shape index (κ3) is 3.61. The molecule has 0 fully saturated rings. The van der Waals surface area contributed by atoms with Gasteiger partial charge in [-0.3, -0.25) is 0 Å². The van der Waals surface area contributed by atoms with Crippen molar-refractivity contribution in [2.45, 2.75) is 27.0 Å². The molecule has 0 aliphatic heterocycles. The molecule has 1 aromatic carbocycles. The average Bonchev–Trinajstić information content (AvgIpc) is 2.80. The van der Waals surface area contributed by atoms with Gasteiger partial charge in [0.25, 0.3) is 0 Å². The summed E-state index contributed by atoms with van der Waals surface area (Å²) in [6.45, 7) is 6.43. The van der Waals surface area contributed by atoms with Crippen LogP contribution < -0.4 is 10.1 Å². The lowest BCUT2D eigenvalue weighted by Gasteiger charge is -2.15. The summed E-state index contributed by atoms with van der Waals surface area (Å²) in [5, 5.41) is 3.35. The zero-order valence-corrected chi connectivity index (χ0v) is 13.7. The van der Waals surface area contributed by atoms with E-state index in [0.717, 1.165) is 34.6 Å². The van der Waals surface area contributed by atoms with Crippen LogP contribution in [0.25, 0.3) is 0 Å². The van der Waals surface area contributed by atoms with Crippen molar-refractivity contribution >= 4 is 15.9 Å². The molecule has 0 saturated carbocycles. The molecule has 0 amide bonds. The smallest absolute Gasteiger partial charge is 0.130 e. The number of aryl methyl sites for hydroxylation is 2. The van der Waals surface area contributed by atoms with Crippen LogP contribution in [0.1, 0.15) is 23.7 Å². The van der Waals surface area contributed by atoms with Gasteiger partial charge < -0.3 is 14.6 Å². The topological polar surface area (TPSA) is 39.1 Å². The van der Waals surface area contributed by atoms with Crippen LogP contribution in [0.2, 0.25) is 0 Å². The number of halogens is 1. The van der Waals surface area contributed by atoms with Crippen molar-refractivity contribution in [3.63, 3.8) is 0 Å². The van der Waals surface area contributed by atoms with Crippen molar-refractivity contribution in [3.8, 4) is 5.75 Å². The summed E-state index contributed by atoms with van der Waals surface area (Å²) < 4.78 is 9.07. The molecule has 1 N–H and O–H groups in total. The standard InChI is InChI=1S/C15H20BrN3O/c1-4-17-7-12-6-13(16)5-11(2)15(12)20-9-14-8-18-10-19(14)3/h5-6,8,10,17H,4,7,9H2,1-3H3. The molecule has 0 aliphatic rings. The molecule has 0 bridgehead atoms. The Morgan fingerprint density at radius 2 is 2.20 bits per heavy atom. The second-order valence-electron chi connectivity index (χ2n) is 4.78. The van der Waals surface area contributed by atoms with Gasteiger partial charge in [0.05, 0.1) is 18.2 Å². The SMILES string of the molecule is CCNCc1cc(Br)cc(C)c1OCc1cncn1C. The number of hydrogen-bond donors (Lipinski definition) is 1. The van der Waals surface area contributed by atoms with Crippen molar-refractivity contribution in [2.75, 3.05) is 6.54 Å². The molecule has 20 heavy (non-hydrogen) atoms. The maximum atomic E-state index is 6.02. The van der Waals surface area contributed by atoms with E-state index in [4.69, 9.17) is 4.74 Å². The molecule has 0 saturated heterocycles. The van der Waals surface area contributed by atoms with E-state index in [1.165, 1.54) is 5.56 Å². The third-order valence-electron chi connectivity index (χ3n) is 3.16. The van der Waals surface area contributed by atoms with Crippen LogP contribution in [0.4, 0.5) is 0 Å². The van der Waals surface area contributed by atoms with E-state index in [0.29, 0.717) is 6.61 Å². The Kier molecular flexibility index (Phi) is 5.20. The Hall–Kier alpha value is -1.33. The van der Waals surface area contributed by atoms with Gasteiger partial charge in [0.1, 0.15) is 12.4 Å².